The lowest BCUT2D eigenvalue weighted by molar-refractivity contribution is 0.0984. The fourth-order valence-corrected chi connectivity index (χ4v) is 4.03. The van der Waals surface area contributed by atoms with E-state index < -0.39 is 11.8 Å². The zero-order valence-electron chi connectivity index (χ0n) is 13.2. The van der Waals surface area contributed by atoms with Gasteiger partial charge in [-0.15, -0.1) is 10.2 Å². The lowest BCUT2D eigenvalue weighted by Gasteiger charge is -2.08. The van der Waals surface area contributed by atoms with Crippen LogP contribution in [0.15, 0.2) is 34.9 Å². The van der Waals surface area contributed by atoms with E-state index in [1.165, 1.54) is 5.56 Å². The summed E-state index contributed by atoms with van der Waals surface area (Å²) in [5.41, 5.74) is 3.91. The maximum absolute atomic E-state index is 13.2. The summed E-state index contributed by atoms with van der Waals surface area (Å²) in [5.74, 6) is -1.65. The van der Waals surface area contributed by atoms with Crippen LogP contribution in [0.4, 0.5) is 8.78 Å². The van der Waals surface area contributed by atoms with Gasteiger partial charge in [-0.25, -0.2) is 8.78 Å². The molecule has 1 unspecified atom stereocenters. The molecule has 25 heavy (non-hydrogen) atoms. The second kappa shape index (κ2) is 5.24. The normalized spacial score (nSPS) is 20.5. The summed E-state index contributed by atoms with van der Waals surface area (Å²) in [6, 6.07) is 8.09. The highest BCUT2D eigenvalue weighted by Crippen LogP contribution is 2.50. The Morgan fingerprint density at radius 2 is 2.12 bits per heavy atom. The standard InChI is InChI=1S/C18H14BrF2N3O/c19-16-13(10-1-2-14-11(7-10)4-6-25-14)3-5-24-15(22-23-17(16)24)8-12-9-18(12,20)21/h1-3,5,7,12H,4,6,8-9H2. The van der Waals surface area contributed by atoms with Gasteiger partial charge in [-0.3, -0.25) is 4.40 Å². The number of nitrogens with zero attached hydrogens (tertiary/aromatic N) is 3. The van der Waals surface area contributed by atoms with Crippen molar-refractivity contribution in [3.05, 3.63) is 46.3 Å². The number of aromatic nitrogens is 3. The highest BCUT2D eigenvalue weighted by molar-refractivity contribution is 9.10. The maximum Gasteiger partial charge on any atom is 0.252 e. The Hall–Kier alpha value is -2.02. The average molecular weight is 406 g/mol. The molecule has 1 aliphatic heterocycles. The minimum absolute atomic E-state index is 0.0572. The fourth-order valence-electron chi connectivity index (χ4n) is 3.40. The Kier molecular flexibility index (Phi) is 3.20. The molecule has 7 heteroatoms. The van der Waals surface area contributed by atoms with Gasteiger partial charge in [0.2, 0.25) is 0 Å². The van der Waals surface area contributed by atoms with Crippen molar-refractivity contribution in [1.29, 1.82) is 0 Å². The highest BCUT2D eigenvalue weighted by Gasteiger charge is 2.56. The van der Waals surface area contributed by atoms with Crippen molar-refractivity contribution in [2.75, 3.05) is 6.61 Å². The molecule has 2 aromatic heterocycles. The Bertz CT molecular complexity index is 1000. The Morgan fingerprint density at radius 3 is 2.92 bits per heavy atom. The Labute approximate surface area is 151 Å². The molecule has 0 N–H and O–H groups in total. The van der Waals surface area contributed by atoms with Crippen LogP contribution in [0.3, 0.4) is 0 Å². The van der Waals surface area contributed by atoms with E-state index in [1.807, 2.05) is 24.4 Å². The predicted octanol–water partition coefficient (Wildman–Crippen LogP) is 4.29. The lowest BCUT2D eigenvalue weighted by Crippen LogP contribution is -2.02. The molecule has 1 aromatic carbocycles. The number of benzene rings is 1. The first-order chi connectivity index (χ1) is 12.0. The van der Waals surface area contributed by atoms with Crippen molar-refractivity contribution >= 4 is 21.6 Å². The van der Waals surface area contributed by atoms with Crippen LogP contribution in [0.25, 0.3) is 16.8 Å². The number of pyridine rings is 1. The van der Waals surface area contributed by atoms with E-state index in [0.29, 0.717) is 11.5 Å². The molecule has 1 saturated carbocycles. The third-order valence-corrected chi connectivity index (χ3v) is 5.76. The molecule has 2 aliphatic rings. The summed E-state index contributed by atoms with van der Waals surface area (Å²) in [4.78, 5) is 0. The van der Waals surface area contributed by atoms with Crippen LogP contribution < -0.4 is 4.74 Å². The molecule has 0 radical (unpaired) electrons. The molecule has 1 aliphatic carbocycles. The van der Waals surface area contributed by atoms with E-state index in [1.54, 1.807) is 4.40 Å². The van der Waals surface area contributed by atoms with Gasteiger partial charge in [0.1, 0.15) is 11.6 Å². The molecular formula is C18H14BrF2N3O. The van der Waals surface area contributed by atoms with Gasteiger partial charge in [0.25, 0.3) is 5.92 Å². The number of hydrogen-bond acceptors (Lipinski definition) is 3. The molecular weight excluding hydrogens is 392 g/mol. The maximum atomic E-state index is 13.2. The zero-order chi connectivity index (χ0) is 17.2. The van der Waals surface area contributed by atoms with Gasteiger partial charge < -0.3 is 4.74 Å². The molecule has 1 atom stereocenters. The van der Waals surface area contributed by atoms with E-state index in [2.05, 4.69) is 32.2 Å². The summed E-state index contributed by atoms with van der Waals surface area (Å²) in [7, 11) is 0. The molecule has 0 bridgehead atoms. The number of rotatable bonds is 3. The molecule has 0 amide bonds. The van der Waals surface area contributed by atoms with Crippen molar-refractivity contribution < 1.29 is 13.5 Å². The highest BCUT2D eigenvalue weighted by atomic mass is 79.9. The van der Waals surface area contributed by atoms with Crippen molar-refractivity contribution in [2.45, 2.75) is 25.2 Å². The van der Waals surface area contributed by atoms with Crippen LogP contribution in [0, 0.1) is 5.92 Å². The minimum atomic E-state index is -2.55. The summed E-state index contributed by atoms with van der Waals surface area (Å²) < 4.78 is 34.5. The van der Waals surface area contributed by atoms with Crippen LogP contribution in [0.2, 0.25) is 0 Å². The largest absolute Gasteiger partial charge is 0.493 e. The molecule has 0 saturated heterocycles. The first kappa shape index (κ1) is 15.3. The topological polar surface area (TPSA) is 39.4 Å². The fraction of sp³-hybridized carbons (Fsp3) is 0.333. The van der Waals surface area contributed by atoms with Gasteiger partial charge in [0.05, 0.1) is 11.1 Å². The molecule has 5 rings (SSSR count). The second-order valence-electron chi connectivity index (χ2n) is 6.64. The summed E-state index contributed by atoms with van der Waals surface area (Å²) in [6.45, 7) is 0.721. The quantitative estimate of drug-likeness (QED) is 0.652. The first-order valence-corrected chi connectivity index (χ1v) is 8.98. The van der Waals surface area contributed by atoms with Gasteiger partial charge in [-0.2, -0.15) is 0 Å². The van der Waals surface area contributed by atoms with Crippen LogP contribution >= 0.6 is 15.9 Å². The molecule has 3 aromatic rings. The van der Waals surface area contributed by atoms with E-state index in [-0.39, 0.29) is 12.8 Å². The number of halogens is 3. The SMILES string of the molecule is FC1(F)CC1Cc1nnc2c(Br)c(-c3ccc4c(c3)CCO4)ccn12. The van der Waals surface area contributed by atoms with E-state index in [4.69, 9.17) is 4.74 Å². The number of alkyl halides is 2. The van der Waals surface area contributed by atoms with E-state index >= 15 is 0 Å². The van der Waals surface area contributed by atoms with Gasteiger partial charge in [0, 0.05) is 36.9 Å². The van der Waals surface area contributed by atoms with Crippen molar-refractivity contribution in [3.8, 4) is 16.9 Å². The predicted molar refractivity (Wildman–Crippen MR) is 92.1 cm³/mol. The van der Waals surface area contributed by atoms with E-state index in [9.17, 15) is 8.78 Å². The smallest absolute Gasteiger partial charge is 0.252 e. The average Bonchev–Trinajstić information content (AvgIpc) is 2.98. The summed E-state index contributed by atoms with van der Waals surface area (Å²) in [6.07, 6.45) is 2.96. The Balaban J connectivity index is 1.54. The molecule has 128 valence electrons. The number of fused-ring (bicyclic) bond motifs is 2. The first-order valence-electron chi connectivity index (χ1n) is 8.19. The van der Waals surface area contributed by atoms with Gasteiger partial charge >= 0.3 is 0 Å². The second-order valence-corrected chi connectivity index (χ2v) is 7.43. The van der Waals surface area contributed by atoms with Gasteiger partial charge in [-0.05, 0) is 45.3 Å². The number of hydrogen-bond donors (Lipinski definition) is 0. The molecule has 4 nitrogen and oxygen atoms in total. The van der Waals surface area contributed by atoms with Crippen molar-refractivity contribution in [3.63, 3.8) is 0 Å². The van der Waals surface area contributed by atoms with Gasteiger partial charge in [-0.1, -0.05) is 6.07 Å². The third kappa shape index (κ3) is 2.44. The molecule has 0 spiro atoms. The van der Waals surface area contributed by atoms with E-state index in [0.717, 1.165) is 34.4 Å². The minimum Gasteiger partial charge on any atom is -0.493 e. The Morgan fingerprint density at radius 1 is 1.28 bits per heavy atom. The van der Waals surface area contributed by atoms with Crippen molar-refractivity contribution in [2.24, 2.45) is 5.92 Å². The summed E-state index contributed by atoms with van der Waals surface area (Å²) in [5, 5.41) is 8.33. The number of ether oxygens (including phenoxy) is 1. The van der Waals surface area contributed by atoms with Crippen LogP contribution in [-0.2, 0) is 12.8 Å². The van der Waals surface area contributed by atoms with Crippen LogP contribution in [0.1, 0.15) is 17.8 Å². The molecule has 3 heterocycles. The van der Waals surface area contributed by atoms with Gasteiger partial charge in [0.15, 0.2) is 5.65 Å². The van der Waals surface area contributed by atoms with Crippen LogP contribution in [-0.4, -0.2) is 27.1 Å². The molecule has 1 fully saturated rings. The zero-order valence-corrected chi connectivity index (χ0v) is 14.8. The third-order valence-electron chi connectivity index (χ3n) is 4.97. The monoisotopic (exact) mass is 405 g/mol. The lowest BCUT2D eigenvalue weighted by atomic mass is 10.0. The van der Waals surface area contributed by atoms with Crippen molar-refractivity contribution in [1.82, 2.24) is 14.6 Å². The summed E-state index contributed by atoms with van der Waals surface area (Å²) >= 11 is 3.61. The van der Waals surface area contributed by atoms with Crippen LogP contribution in [0.5, 0.6) is 5.75 Å².